The van der Waals surface area contributed by atoms with E-state index in [4.69, 9.17) is 16.6 Å². The van der Waals surface area contributed by atoms with Gasteiger partial charge in [0, 0.05) is 29.9 Å². The average Bonchev–Trinajstić information content (AvgIpc) is 2.37. The van der Waals surface area contributed by atoms with Gasteiger partial charge < -0.3 is 4.90 Å². The van der Waals surface area contributed by atoms with Crippen molar-refractivity contribution in [3.63, 3.8) is 0 Å². The third-order valence-corrected chi connectivity index (χ3v) is 4.51. The fourth-order valence-corrected chi connectivity index (χ4v) is 3.01. The predicted octanol–water partition coefficient (Wildman–Crippen LogP) is 4.40. The Bertz CT molecular complexity index is 664. The molecule has 4 heteroatoms. The van der Waals surface area contributed by atoms with E-state index in [2.05, 4.69) is 37.6 Å². The number of halogens is 1. The van der Waals surface area contributed by atoms with Crippen LogP contribution in [0.4, 0.5) is 5.82 Å². The van der Waals surface area contributed by atoms with E-state index >= 15 is 0 Å². The molecule has 1 fully saturated rings. The minimum absolute atomic E-state index is 0.179. The Labute approximate surface area is 125 Å². The first-order valence-electron chi connectivity index (χ1n) is 7.12. The Morgan fingerprint density at radius 2 is 1.95 bits per heavy atom. The molecule has 0 bridgehead atoms. The van der Waals surface area contributed by atoms with Crippen LogP contribution < -0.4 is 4.90 Å². The van der Waals surface area contributed by atoms with Crippen LogP contribution in [0, 0.1) is 0 Å². The molecule has 1 aliphatic heterocycles. The summed E-state index contributed by atoms with van der Waals surface area (Å²) in [6.45, 7) is 9.92. The Balaban J connectivity index is 2.23. The van der Waals surface area contributed by atoms with Gasteiger partial charge >= 0.3 is 0 Å². The monoisotopic (exact) mass is 289 g/mol. The minimum Gasteiger partial charge on any atom is -0.351 e. The standard InChI is InChI=1S/C16H20ClN3/c1-10(2)12-8-19-15(20-6-5-16(20,3)4)13-9-18-14(17)7-11(12)13/h7-10H,5-6H2,1-4H3. The van der Waals surface area contributed by atoms with Crippen LogP contribution in [0.2, 0.25) is 5.15 Å². The molecule has 0 N–H and O–H groups in total. The van der Waals surface area contributed by atoms with Gasteiger partial charge in [0.25, 0.3) is 0 Å². The molecule has 106 valence electrons. The molecule has 0 radical (unpaired) electrons. The van der Waals surface area contributed by atoms with Crippen LogP contribution in [0.15, 0.2) is 18.5 Å². The number of pyridine rings is 2. The molecule has 0 amide bonds. The predicted molar refractivity (Wildman–Crippen MR) is 84.7 cm³/mol. The van der Waals surface area contributed by atoms with Crippen LogP contribution in [0.3, 0.4) is 0 Å². The Morgan fingerprint density at radius 1 is 1.20 bits per heavy atom. The van der Waals surface area contributed by atoms with Crippen molar-refractivity contribution >= 4 is 28.2 Å². The summed E-state index contributed by atoms with van der Waals surface area (Å²) in [4.78, 5) is 11.3. The summed E-state index contributed by atoms with van der Waals surface area (Å²) in [5, 5.41) is 2.82. The zero-order valence-electron chi connectivity index (χ0n) is 12.4. The molecule has 1 aliphatic rings. The lowest BCUT2D eigenvalue weighted by Crippen LogP contribution is -2.56. The molecule has 20 heavy (non-hydrogen) atoms. The van der Waals surface area contributed by atoms with E-state index in [9.17, 15) is 0 Å². The summed E-state index contributed by atoms with van der Waals surface area (Å²) in [5.74, 6) is 1.45. The first-order valence-corrected chi connectivity index (χ1v) is 7.50. The van der Waals surface area contributed by atoms with Gasteiger partial charge in [-0.1, -0.05) is 25.4 Å². The van der Waals surface area contributed by atoms with Gasteiger partial charge in [0.05, 0.1) is 0 Å². The van der Waals surface area contributed by atoms with Gasteiger partial charge in [0.1, 0.15) is 11.0 Å². The molecule has 0 atom stereocenters. The number of hydrogen-bond acceptors (Lipinski definition) is 3. The maximum atomic E-state index is 6.09. The first kappa shape index (κ1) is 13.6. The van der Waals surface area contributed by atoms with Gasteiger partial charge in [0.15, 0.2) is 0 Å². The molecule has 3 nitrogen and oxygen atoms in total. The Kier molecular flexibility index (Phi) is 3.13. The molecule has 0 unspecified atom stereocenters. The number of anilines is 1. The van der Waals surface area contributed by atoms with Crippen molar-refractivity contribution in [1.82, 2.24) is 9.97 Å². The molecular formula is C16H20ClN3. The number of rotatable bonds is 2. The molecular weight excluding hydrogens is 270 g/mol. The Morgan fingerprint density at radius 3 is 2.50 bits per heavy atom. The summed E-state index contributed by atoms with van der Waals surface area (Å²) < 4.78 is 0. The molecule has 0 spiro atoms. The van der Waals surface area contributed by atoms with Gasteiger partial charge in [-0.25, -0.2) is 9.97 Å². The van der Waals surface area contributed by atoms with Crippen LogP contribution in [0.25, 0.3) is 10.8 Å². The van der Waals surface area contributed by atoms with Crippen molar-refractivity contribution in [2.45, 2.75) is 45.6 Å². The highest BCUT2D eigenvalue weighted by atomic mass is 35.5. The van der Waals surface area contributed by atoms with E-state index in [1.807, 2.05) is 18.5 Å². The number of hydrogen-bond donors (Lipinski definition) is 0. The van der Waals surface area contributed by atoms with Crippen LogP contribution in [-0.4, -0.2) is 22.1 Å². The normalized spacial score (nSPS) is 17.6. The fraction of sp³-hybridized carbons (Fsp3) is 0.500. The lowest BCUT2D eigenvalue weighted by molar-refractivity contribution is 0.330. The second-order valence-corrected chi connectivity index (χ2v) is 6.85. The van der Waals surface area contributed by atoms with Crippen molar-refractivity contribution in [2.75, 3.05) is 11.4 Å². The molecule has 2 aromatic heterocycles. The van der Waals surface area contributed by atoms with Gasteiger partial charge in [-0.3, -0.25) is 0 Å². The Hall–Kier alpha value is -1.35. The van der Waals surface area contributed by atoms with E-state index in [-0.39, 0.29) is 5.54 Å². The van der Waals surface area contributed by atoms with E-state index in [1.165, 1.54) is 17.4 Å². The van der Waals surface area contributed by atoms with Crippen molar-refractivity contribution in [3.05, 3.63) is 29.2 Å². The van der Waals surface area contributed by atoms with Crippen LogP contribution >= 0.6 is 11.6 Å². The van der Waals surface area contributed by atoms with Crippen LogP contribution in [0.1, 0.15) is 45.6 Å². The number of nitrogens with zero attached hydrogens (tertiary/aromatic N) is 3. The second kappa shape index (κ2) is 4.59. The highest BCUT2D eigenvalue weighted by Gasteiger charge is 2.37. The zero-order chi connectivity index (χ0) is 14.5. The maximum Gasteiger partial charge on any atom is 0.138 e. The summed E-state index contributed by atoms with van der Waals surface area (Å²) in [5.41, 5.74) is 1.41. The topological polar surface area (TPSA) is 29.0 Å². The van der Waals surface area contributed by atoms with E-state index in [1.54, 1.807) is 0 Å². The van der Waals surface area contributed by atoms with E-state index < -0.39 is 0 Å². The molecule has 0 aliphatic carbocycles. The molecule has 1 saturated heterocycles. The van der Waals surface area contributed by atoms with E-state index in [0.717, 1.165) is 17.7 Å². The lowest BCUT2D eigenvalue weighted by Gasteiger charge is -2.49. The van der Waals surface area contributed by atoms with Crippen molar-refractivity contribution in [2.24, 2.45) is 0 Å². The summed E-state index contributed by atoms with van der Waals surface area (Å²) in [7, 11) is 0. The smallest absolute Gasteiger partial charge is 0.138 e. The quantitative estimate of drug-likeness (QED) is 0.768. The van der Waals surface area contributed by atoms with Crippen molar-refractivity contribution in [3.8, 4) is 0 Å². The van der Waals surface area contributed by atoms with Crippen LogP contribution in [0.5, 0.6) is 0 Å². The number of aromatic nitrogens is 2. The highest BCUT2D eigenvalue weighted by Crippen LogP contribution is 2.39. The molecule has 2 aromatic rings. The first-order chi connectivity index (χ1) is 9.40. The molecule has 0 aromatic carbocycles. The lowest BCUT2D eigenvalue weighted by atomic mass is 9.88. The molecule has 0 saturated carbocycles. The zero-order valence-corrected chi connectivity index (χ0v) is 13.2. The largest absolute Gasteiger partial charge is 0.351 e. The fourth-order valence-electron chi connectivity index (χ4n) is 2.86. The van der Waals surface area contributed by atoms with Crippen LogP contribution in [-0.2, 0) is 0 Å². The van der Waals surface area contributed by atoms with E-state index in [0.29, 0.717) is 11.1 Å². The summed E-state index contributed by atoms with van der Waals surface area (Å²) in [6.07, 6.45) is 5.05. The highest BCUT2D eigenvalue weighted by molar-refractivity contribution is 6.30. The van der Waals surface area contributed by atoms with Crippen molar-refractivity contribution in [1.29, 1.82) is 0 Å². The van der Waals surface area contributed by atoms with Gasteiger partial charge in [-0.05, 0) is 43.2 Å². The average molecular weight is 290 g/mol. The molecule has 3 rings (SSSR count). The minimum atomic E-state index is 0.179. The number of fused-ring (bicyclic) bond motifs is 1. The maximum absolute atomic E-state index is 6.09. The summed E-state index contributed by atoms with van der Waals surface area (Å²) >= 11 is 6.09. The van der Waals surface area contributed by atoms with Gasteiger partial charge in [-0.15, -0.1) is 0 Å². The summed E-state index contributed by atoms with van der Waals surface area (Å²) in [6, 6.07) is 1.96. The van der Waals surface area contributed by atoms with Gasteiger partial charge in [0.2, 0.25) is 0 Å². The second-order valence-electron chi connectivity index (χ2n) is 6.46. The third kappa shape index (κ3) is 2.05. The SMILES string of the molecule is CC(C)c1cnc(N2CCC2(C)C)c2cnc(Cl)cc12. The molecule has 3 heterocycles. The third-order valence-electron chi connectivity index (χ3n) is 4.30. The van der Waals surface area contributed by atoms with Crippen molar-refractivity contribution < 1.29 is 0 Å². The van der Waals surface area contributed by atoms with Gasteiger partial charge in [-0.2, -0.15) is 0 Å².